The number of benzene rings is 1. The Morgan fingerprint density at radius 3 is 2.35 bits per heavy atom. The van der Waals surface area contributed by atoms with Crippen molar-refractivity contribution in [3.63, 3.8) is 0 Å². The van der Waals surface area contributed by atoms with Crippen LogP contribution in [0.2, 0.25) is 0 Å². The van der Waals surface area contributed by atoms with E-state index in [1.165, 1.54) is 36.8 Å². The third-order valence-electron chi connectivity index (χ3n) is 16.8. The number of Topliss-reactive ketones (excluding diaryl/α,β-unsaturated/α-hetero) is 1. The third kappa shape index (κ3) is 7.09. The number of nitrogens with zero attached hydrogens (tertiary/aromatic N) is 2. The molecule has 1 aromatic heterocycles. The minimum absolute atomic E-state index is 0.00681. The van der Waals surface area contributed by atoms with Gasteiger partial charge in [0.15, 0.2) is 11.6 Å². The largest absolute Gasteiger partial charge is 0.462 e. The molecule has 2 aromatic rings. The highest BCUT2D eigenvalue weighted by molar-refractivity contribution is 7.91. The Morgan fingerprint density at radius 1 is 0.950 bits per heavy atom. The van der Waals surface area contributed by atoms with Crippen LogP contribution in [0.25, 0.3) is 0 Å². The number of sulfone groups is 1. The summed E-state index contributed by atoms with van der Waals surface area (Å²) in [6.07, 6.45) is 10.4. The molecule has 1 aromatic carbocycles. The van der Waals surface area contributed by atoms with Crippen LogP contribution in [-0.2, 0) is 33.8 Å². The van der Waals surface area contributed by atoms with E-state index >= 15 is 0 Å². The highest BCUT2D eigenvalue weighted by Crippen LogP contribution is 2.75. The van der Waals surface area contributed by atoms with Gasteiger partial charge in [0, 0.05) is 30.1 Å². The molecule has 1 N–H and O–H groups in total. The predicted octanol–water partition coefficient (Wildman–Crippen LogP) is 7.29. The molecule has 5 aliphatic rings. The first kappa shape index (κ1) is 44.0. The highest BCUT2D eigenvalue weighted by atomic mass is 32.2. The monoisotopic (exact) mass is 849 g/mol. The van der Waals surface area contributed by atoms with Crippen molar-refractivity contribution in [1.29, 1.82) is 0 Å². The molecule has 7 rings (SSSR count). The summed E-state index contributed by atoms with van der Waals surface area (Å²) in [6.45, 7) is 17.2. The Balaban J connectivity index is 0.976. The Kier molecular flexibility index (Phi) is 11.3. The standard InChI is InChI=1S/C46H63N3O10S/c1-29(50)58-36-18-19-44(6)35(41(36,2)3)17-20-46(8)37(44)34(52)26-32-33-27-43(5,22-21-42(33,4)23-24-45(32,46)7)40(53)47-28-30(51)14-12-13-25-57-38-39(49(54)59-48-38)60(55,56)31-15-10-9-11-16-31/h9-11,15-16,26,33,35-37H,12-14,17-25,27-28H2,1-8H3,(H,47,53)/t33-,35-,36-,37+,42+,43-,44-,45+,46+/m0/s1. The zero-order valence-corrected chi connectivity index (χ0v) is 37.4. The summed E-state index contributed by atoms with van der Waals surface area (Å²) in [7, 11) is -4.24. The molecule has 60 heavy (non-hydrogen) atoms. The lowest BCUT2D eigenvalue weighted by Gasteiger charge is -2.70. The second kappa shape index (κ2) is 15.4. The normalized spacial score (nSPS) is 35.7. The molecule has 4 saturated carbocycles. The van der Waals surface area contributed by atoms with Gasteiger partial charge in [-0.25, -0.2) is 8.42 Å². The van der Waals surface area contributed by atoms with E-state index in [9.17, 15) is 32.8 Å². The summed E-state index contributed by atoms with van der Waals surface area (Å²) < 4.78 is 41.9. The second-order valence-corrected chi connectivity index (χ2v) is 22.5. The summed E-state index contributed by atoms with van der Waals surface area (Å²) in [5, 5.41) is 17.8. The van der Waals surface area contributed by atoms with E-state index in [1.807, 2.05) is 13.0 Å². The minimum Gasteiger partial charge on any atom is -0.462 e. The van der Waals surface area contributed by atoms with Gasteiger partial charge in [0.1, 0.15) is 6.10 Å². The Bertz CT molecular complexity index is 2180. The number of allylic oxidation sites excluding steroid dienone is 2. The topological polar surface area (TPSA) is 186 Å². The fourth-order valence-corrected chi connectivity index (χ4v) is 14.4. The van der Waals surface area contributed by atoms with Crippen LogP contribution >= 0.6 is 0 Å². The summed E-state index contributed by atoms with van der Waals surface area (Å²) in [6, 6.07) is 7.43. The average molecular weight is 850 g/mol. The number of unbranched alkanes of at least 4 members (excludes halogenated alkanes) is 1. The van der Waals surface area contributed by atoms with Gasteiger partial charge in [-0.15, -0.1) is 0 Å². The number of fused-ring (bicyclic) bond motifs is 7. The first-order valence-electron chi connectivity index (χ1n) is 21.8. The number of ketones is 2. The SMILES string of the molecule is CC(=O)O[C@H]1CC[C@]2(C)[C@H]3C(=O)C=C4[C@@H]5C[C@@](C)(C(=O)NCC(=O)CCCCOc6no[n+]([O-])c6S(=O)(=O)c6ccccc6)CC[C@]5(C)CC[C@@]4(C)[C@]3(C)CC[C@H]2C1(C)C. The number of ether oxygens (including phenoxy) is 2. The van der Waals surface area contributed by atoms with E-state index in [2.05, 4.69) is 56.6 Å². The van der Waals surface area contributed by atoms with Crippen LogP contribution in [0.4, 0.5) is 0 Å². The fraction of sp³-hybridized carbons (Fsp3) is 0.696. The maximum absolute atomic E-state index is 14.8. The molecule has 4 fully saturated rings. The number of carbonyl (C=O) groups excluding carboxylic acids is 4. The second-order valence-electron chi connectivity index (χ2n) is 20.6. The number of amides is 1. The number of esters is 1. The van der Waals surface area contributed by atoms with Gasteiger partial charge >= 0.3 is 16.9 Å². The van der Waals surface area contributed by atoms with Gasteiger partial charge in [-0.1, -0.05) is 72.2 Å². The van der Waals surface area contributed by atoms with Gasteiger partial charge in [-0.3, -0.25) is 23.8 Å². The molecule has 13 nitrogen and oxygen atoms in total. The molecule has 14 heteroatoms. The molecule has 1 amide bonds. The molecule has 5 aliphatic carbocycles. The van der Waals surface area contributed by atoms with E-state index < -0.39 is 26.2 Å². The highest BCUT2D eigenvalue weighted by Gasteiger charge is 2.70. The number of nitrogens with one attached hydrogen (secondary N) is 1. The molecule has 9 atom stereocenters. The van der Waals surface area contributed by atoms with Crippen LogP contribution in [0.1, 0.15) is 132 Å². The van der Waals surface area contributed by atoms with Gasteiger partial charge < -0.3 is 20.0 Å². The molecule has 328 valence electrons. The lowest BCUT2D eigenvalue weighted by Crippen LogP contribution is -2.66. The van der Waals surface area contributed by atoms with Crippen LogP contribution in [0, 0.1) is 55.5 Å². The molecule has 0 spiro atoms. The average Bonchev–Trinajstić information content (AvgIpc) is 3.57. The molecule has 0 bridgehead atoms. The predicted molar refractivity (Wildman–Crippen MR) is 220 cm³/mol. The van der Waals surface area contributed by atoms with E-state index in [0.29, 0.717) is 25.7 Å². The zero-order valence-electron chi connectivity index (χ0n) is 36.6. The maximum atomic E-state index is 14.8. The lowest BCUT2D eigenvalue weighted by atomic mass is 9.33. The Morgan fingerprint density at radius 2 is 1.65 bits per heavy atom. The molecule has 0 unspecified atom stereocenters. The van der Waals surface area contributed by atoms with Gasteiger partial charge in [0.25, 0.3) is 9.84 Å². The number of carbonyl (C=O) groups is 4. The quantitative estimate of drug-likeness (QED) is 0.128. The smallest absolute Gasteiger partial charge is 0.414 e. The molecule has 1 heterocycles. The van der Waals surface area contributed by atoms with Crippen molar-refractivity contribution < 1.29 is 46.6 Å². The van der Waals surface area contributed by atoms with Gasteiger partial charge in [-0.05, 0) is 127 Å². The van der Waals surface area contributed by atoms with E-state index in [-0.39, 0.29) is 104 Å². The Labute approximate surface area is 354 Å². The number of rotatable bonds is 12. The molecule has 0 saturated heterocycles. The van der Waals surface area contributed by atoms with E-state index in [0.717, 1.165) is 44.9 Å². The van der Waals surface area contributed by atoms with Crippen molar-refractivity contribution in [1.82, 2.24) is 10.5 Å². The minimum atomic E-state index is -4.24. The van der Waals surface area contributed by atoms with Crippen molar-refractivity contribution in [3.8, 4) is 5.88 Å². The van der Waals surface area contributed by atoms with Gasteiger partial charge in [-0.2, -0.15) is 0 Å². The van der Waals surface area contributed by atoms with Crippen LogP contribution in [-0.4, -0.2) is 56.3 Å². The maximum Gasteiger partial charge on any atom is 0.414 e. The number of hydrogen-bond donors (Lipinski definition) is 1. The molecule has 0 radical (unpaired) electrons. The summed E-state index contributed by atoms with van der Waals surface area (Å²) >= 11 is 0. The molecular formula is C46H63N3O10S. The first-order valence-corrected chi connectivity index (χ1v) is 23.3. The summed E-state index contributed by atoms with van der Waals surface area (Å²) in [5.41, 5.74) is -0.494. The first-order chi connectivity index (χ1) is 28.0. The summed E-state index contributed by atoms with van der Waals surface area (Å²) in [5.74, 6) is -0.626. The van der Waals surface area contributed by atoms with Crippen LogP contribution in [0.3, 0.4) is 0 Å². The van der Waals surface area contributed by atoms with Crippen LogP contribution < -0.4 is 15.0 Å². The van der Waals surface area contributed by atoms with Crippen LogP contribution in [0.5, 0.6) is 5.88 Å². The van der Waals surface area contributed by atoms with Gasteiger partial charge in [0.2, 0.25) is 5.91 Å². The van der Waals surface area contributed by atoms with Gasteiger partial charge in [0.05, 0.1) is 23.2 Å². The van der Waals surface area contributed by atoms with E-state index in [1.54, 1.807) is 6.07 Å². The van der Waals surface area contributed by atoms with Crippen LogP contribution in [0.15, 0.2) is 56.5 Å². The van der Waals surface area contributed by atoms with E-state index in [4.69, 9.17) is 9.47 Å². The molecule has 0 aliphatic heterocycles. The van der Waals surface area contributed by atoms with Crippen molar-refractivity contribution in [2.24, 2.45) is 50.2 Å². The number of aromatic nitrogens is 2. The lowest BCUT2D eigenvalue weighted by molar-refractivity contribution is -0.832. The number of hydrogen-bond acceptors (Lipinski definition) is 11. The third-order valence-corrected chi connectivity index (χ3v) is 18.5. The fourth-order valence-electron chi connectivity index (χ4n) is 13.1. The van der Waals surface area contributed by atoms with Crippen molar-refractivity contribution in [2.75, 3.05) is 13.2 Å². The van der Waals surface area contributed by atoms with Crippen molar-refractivity contribution in [3.05, 3.63) is 47.2 Å². The zero-order chi connectivity index (χ0) is 43.7. The molecular weight excluding hydrogens is 787 g/mol. The Hall–Kier alpha value is -4.07. The van der Waals surface area contributed by atoms with Crippen molar-refractivity contribution >= 4 is 33.3 Å². The van der Waals surface area contributed by atoms with Crippen molar-refractivity contribution in [2.45, 2.75) is 148 Å². The summed E-state index contributed by atoms with van der Waals surface area (Å²) in [4.78, 5) is 53.6.